The van der Waals surface area contributed by atoms with Crippen LogP contribution in [0.4, 0.5) is 0 Å². The van der Waals surface area contributed by atoms with Crippen LogP contribution < -0.4 is 10.1 Å². The lowest BCUT2D eigenvalue weighted by atomic mass is 10.0. The minimum absolute atomic E-state index is 0.345. The Balaban J connectivity index is 1.94. The van der Waals surface area contributed by atoms with E-state index in [9.17, 15) is 0 Å². The number of nitrogens with one attached hydrogen (secondary N) is 1. The molecule has 1 N–H and O–H groups in total. The Morgan fingerprint density at radius 3 is 2.95 bits per heavy atom. The van der Waals surface area contributed by atoms with Crippen LogP contribution in [0.3, 0.4) is 0 Å². The number of hydrogen-bond donors (Lipinski definition) is 1. The van der Waals surface area contributed by atoms with Crippen LogP contribution in [0.1, 0.15) is 43.4 Å². The Hall–Kier alpha value is -0.670. The number of thioether (sulfide) groups is 1. The number of aryl methyl sites for hydroxylation is 1. The number of ether oxygens (including phenoxy) is 1. The third kappa shape index (κ3) is 4.15. The second-order valence-electron chi connectivity index (χ2n) is 5.36. The summed E-state index contributed by atoms with van der Waals surface area (Å²) in [5.74, 6) is 2.32. The van der Waals surface area contributed by atoms with Gasteiger partial charge in [-0.1, -0.05) is 24.1 Å². The van der Waals surface area contributed by atoms with Crippen LogP contribution in [0.15, 0.2) is 18.2 Å². The second-order valence-corrected chi connectivity index (χ2v) is 6.77. The predicted octanol–water partition coefficient (Wildman–Crippen LogP) is 3.94. The van der Waals surface area contributed by atoms with Crippen LogP contribution in [-0.2, 0) is 0 Å². The van der Waals surface area contributed by atoms with Crippen LogP contribution in [-0.4, -0.2) is 24.7 Å². The lowest BCUT2D eigenvalue weighted by Crippen LogP contribution is -2.29. The van der Waals surface area contributed by atoms with Gasteiger partial charge in [-0.2, -0.15) is 11.8 Å². The topological polar surface area (TPSA) is 21.3 Å². The molecule has 19 heavy (non-hydrogen) atoms. The molecule has 0 bridgehead atoms. The number of benzene rings is 1. The lowest BCUT2D eigenvalue weighted by molar-refractivity contribution is 0.401. The summed E-state index contributed by atoms with van der Waals surface area (Å²) in [5, 5.41) is 4.45. The quantitative estimate of drug-likeness (QED) is 0.882. The molecule has 1 aliphatic heterocycles. The number of hydrogen-bond acceptors (Lipinski definition) is 3. The third-order valence-corrected chi connectivity index (χ3v) is 5.18. The maximum atomic E-state index is 5.47. The molecule has 1 aromatic rings. The van der Waals surface area contributed by atoms with E-state index in [1.54, 1.807) is 7.11 Å². The first-order valence-electron chi connectivity index (χ1n) is 7.20. The molecule has 1 saturated heterocycles. The molecule has 0 spiro atoms. The summed E-state index contributed by atoms with van der Waals surface area (Å²) < 4.78 is 5.47. The van der Waals surface area contributed by atoms with Crippen LogP contribution in [0.2, 0.25) is 0 Å². The zero-order chi connectivity index (χ0) is 13.7. The standard InChI is InChI=1S/C16H25NOS/c1-12-7-8-16(18-3)15(10-12)13(2)17-11-14-6-4-5-9-19-14/h7-8,10,13-14,17H,4-6,9,11H2,1-3H3. The highest BCUT2D eigenvalue weighted by molar-refractivity contribution is 7.99. The lowest BCUT2D eigenvalue weighted by Gasteiger charge is -2.24. The first-order valence-corrected chi connectivity index (χ1v) is 8.25. The van der Waals surface area contributed by atoms with Crippen molar-refractivity contribution in [3.05, 3.63) is 29.3 Å². The van der Waals surface area contributed by atoms with E-state index < -0.39 is 0 Å². The Kier molecular flexibility index (Phi) is 5.59. The van der Waals surface area contributed by atoms with E-state index >= 15 is 0 Å². The SMILES string of the molecule is COc1ccc(C)cc1C(C)NCC1CCCCS1. The van der Waals surface area contributed by atoms with E-state index in [1.165, 1.54) is 36.1 Å². The van der Waals surface area contributed by atoms with Crippen molar-refractivity contribution in [3.63, 3.8) is 0 Å². The fourth-order valence-electron chi connectivity index (χ4n) is 2.58. The van der Waals surface area contributed by atoms with Gasteiger partial charge in [0, 0.05) is 23.4 Å². The van der Waals surface area contributed by atoms with Gasteiger partial charge < -0.3 is 10.1 Å². The molecule has 0 radical (unpaired) electrons. The summed E-state index contributed by atoms with van der Waals surface area (Å²) >= 11 is 2.12. The Morgan fingerprint density at radius 1 is 1.42 bits per heavy atom. The van der Waals surface area contributed by atoms with Crippen molar-refractivity contribution in [2.24, 2.45) is 0 Å². The van der Waals surface area contributed by atoms with Crippen molar-refractivity contribution in [2.75, 3.05) is 19.4 Å². The molecule has 2 unspecified atom stereocenters. The molecule has 0 saturated carbocycles. The first-order chi connectivity index (χ1) is 9.20. The highest BCUT2D eigenvalue weighted by Gasteiger charge is 2.16. The van der Waals surface area contributed by atoms with Crippen molar-refractivity contribution < 1.29 is 4.74 Å². The Morgan fingerprint density at radius 2 is 2.26 bits per heavy atom. The van der Waals surface area contributed by atoms with E-state index in [-0.39, 0.29) is 0 Å². The van der Waals surface area contributed by atoms with Crippen LogP contribution in [0.5, 0.6) is 5.75 Å². The van der Waals surface area contributed by atoms with Crippen LogP contribution >= 0.6 is 11.8 Å². The van der Waals surface area contributed by atoms with Crippen LogP contribution in [0.25, 0.3) is 0 Å². The van der Waals surface area contributed by atoms with E-state index in [1.807, 2.05) is 0 Å². The summed E-state index contributed by atoms with van der Waals surface area (Å²) in [4.78, 5) is 0. The van der Waals surface area contributed by atoms with Crippen molar-refractivity contribution in [1.29, 1.82) is 0 Å². The summed E-state index contributed by atoms with van der Waals surface area (Å²) in [6.45, 7) is 5.46. The average Bonchev–Trinajstić information content (AvgIpc) is 2.46. The molecule has 2 atom stereocenters. The Labute approximate surface area is 121 Å². The highest BCUT2D eigenvalue weighted by atomic mass is 32.2. The molecule has 1 fully saturated rings. The van der Waals surface area contributed by atoms with Gasteiger partial charge in [-0.15, -0.1) is 0 Å². The summed E-state index contributed by atoms with van der Waals surface area (Å²) in [7, 11) is 1.75. The molecular formula is C16H25NOS. The van der Waals surface area contributed by atoms with Gasteiger partial charge >= 0.3 is 0 Å². The molecule has 1 aromatic carbocycles. The predicted molar refractivity (Wildman–Crippen MR) is 84.2 cm³/mol. The van der Waals surface area contributed by atoms with Gasteiger partial charge in [0.05, 0.1) is 7.11 Å². The molecular weight excluding hydrogens is 254 g/mol. The van der Waals surface area contributed by atoms with Gasteiger partial charge in [0.1, 0.15) is 5.75 Å². The molecule has 106 valence electrons. The molecule has 0 aliphatic carbocycles. The maximum absolute atomic E-state index is 5.47. The summed E-state index contributed by atoms with van der Waals surface area (Å²) in [5.41, 5.74) is 2.56. The monoisotopic (exact) mass is 279 g/mol. The Bertz CT molecular complexity index is 402. The van der Waals surface area contributed by atoms with Gasteiger partial charge in [-0.3, -0.25) is 0 Å². The fourth-order valence-corrected chi connectivity index (χ4v) is 3.83. The first kappa shape index (κ1) is 14.7. The van der Waals surface area contributed by atoms with Crippen molar-refractivity contribution in [2.45, 2.75) is 44.4 Å². The van der Waals surface area contributed by atoms with E-state index in [4.69, 9.17) is 4.74 Å². The highest BCUT2D eigenvalue weighted by Crippen LogP contribution is 2.28. The smallest absolute Gasteiger partial charge is 0.123 e. The average molecular weight is 279 g/mol. The minimum atomic E-state index is 0.345. The second kappa shape index (κ2) is 7.20. The molecule has 2 rings (SSSR count). The molecule has 0 aromatic heterocycles. The van der Waals surface area contributed by atoms with Gasteiger partial charge in [0.2, 0.25) is 0 Å². The normalized spacial score (nSPS) is 21.1. The molecule has 1 heterocycles. The van der Waals surface area contributed by atoms with Crippen molar-refractivity contribution >= 4 is 11.8 Å². The largest absolute Gasteiger partial charge is 0.496 e. The number of rotatable bonds is 5. The zero-order valence-electron chi connectivity index (χ0n) is 12.2. The third-order valence-electron chi connectivity index (χ3n) is 3.78. The van der Waals surface area contributed by atoms with Crippen LogP contribution in [0, 0.1) is 6.92 Å². The zero-order valence-corrected chi connectivity index (χ0v) is 13.1. The van der Waals surface area contributed by atoms with Gasteiger partial charge in [0.15, 0.2) is 0 Å². The molecule has 0 amide bonds. The maximum Gasteiger partial charge on any atom is 0.123 e. The van der Waals surface area contributed by atoms with E-state index in [0.29, 0.717) is 6.04 Å². The van der Waals surface area contributed by atoms with Gasteiger partial charge in [-0.25, -0.2) is 0 Å². The summed E-state index contributed by atoms with van der Waals surface area (Å²) in [6.07, 6.45) is 4.14. The van der Waals surface area contributed by atoms with Crippen molar-refractivity contribution in [1.82, 2.24) is 5.32 Å². The number of methoxy groups -OCH3 is 1. The molecule has 1 aliphatic rings. The van der Waals surface area contributed by atoms with Gasteiger partial charge in [-0.05, 0) is 38.5 Å². The summed E-state index contributed by atoms with van der Waals surface area (Å²) in [6, 6.07) is 6.74. The van der Waals surface area contributed by atoms with E-state index in [2.05, 4.69) is 49.1 Å². The minimum Gasteiger partial charge on any atom is -0.496 e. The molecule has 3 heteroatoms. The van der Waals surface area contributed by atoms with E-state index in [0.717, 1.165) is 17.5 Å². The van der Waals surface area contributed by atoms with Crippen molar-refractivity contribution in [3.8, 4) is 5.75 Å². The van der Waals surface area contributed by atoms with Gasteiger partial charge in [0.25, 0.3) is 0 Å². The molecule has 2 nitrogen and oxygen atoms in total. The fraction of sp³-hybridized carbons (Fsp3) is 0.625.